The van der Waals surface area contributed by atoms with Crippen molar-refractivity contribution in [1.29, 1.82) is 0 Å². The van der Waals surface area contributed by atoms with Crippen molar-refractivity contribution in [3.8, 4) is 11.5 Å². The molecule has 0 unspecified atom stereocenters. The number of furan rings is 1. The third-order valence-corrected chi connectivity index (χ3v) is 3.59. The second kappa shape index (κ2) is 6.23. The van der Waals surface area contributed by atoms with E-state index in [4.69, 9.17) is 4.42 Å². The van der Waals surface area contributed by atoms with Crippen LogP contribution in [0.1, 0.15) is 5.56 Å². The van der Waals surface area contributed by atoms with Crippen LogP contribution in [0.2, 0.25) is 0 Å². The minimum absolute atomic E-state index is 0.228. The Labute approximate surface area is 125 Å². The monoisotopic (exact) mass is 299 g/mol. The predicted molar refractivity (Wildman–Crippen MR) is 82.1 cm³/mol. The van der Waals surface area contributed by atoms with Gasteiger partial charge >= 0.3 is 6.03 Å². The van der Waals surface area contributed by atoms with Crippen LogP contribution in [0.3, 0.4) is 0 Å². The molecule has 106 valence electrons. The van der Waals surface area contributed by atoms with Crippen LogP contribution < -0.4 is 10.6 Å². The van der Waals surface area contributed by atoms with Crippen molar-refractivity contribution < 1.29 is 9.21 Å². The fraction of sp³-hybridized carbons (Fsp3) is 0.0667. The van der Waals surface area contributed by atoms with Crippen LogP contribution in [0.5, 0.6) is 0 Å². The lowest BCUT2D eigenvalue weighted by Crippen LogP contribution is -2.27. The molecule has 0 fully saturated rings. The van der Waals surface area contributed by atoms with Crippen molar-refractivity contribution in [2.24, 2.45) is 0 Å². The standard InChI is InChI=1S/C15H13N3O2S/c19-15(18-14-4-2-8-21-14)17-10-11-5-6-16-12(9-11)13-3-1-7-20-13/h1-9H,10H2,(H2,17,18,19). The molecule has 0 saturated carbocycles. The predicted octanol–water partition coefficient (Wildman–Crippen LogP) is 3.72. The van der Waals surface area contributed by atoms with E-state index in [0.29, 0.717) is 12.3 Å². The lowest BCUT2D eigenvalue weighted by Gasteiger charge is -2.06. The first-order valence-corrected chi connectivity index (χ1v) is 7.26. The van der Waals surface area contributed by atoms with Gasteiger partial charge in [0.2, 0.25) is 0 Å². The molecule has 0 saturated heterocycles. The van der Waals surface area contributed by atoms with Gasteiger partial charge < -0.3 is 9.73 Å². The van der Waals surface area contributed by atoms with Crippen LogP contribution in [0.4, 0.5) is 9.80 Å². The van der Waals surface area contributed by atoms with E-state index in [1.54, 1.807) is 12.5 Å². The molecular formula is C15H13N3O2S. The Kier molecular flexibility index (Phi) is 3.97. The first-order chi connectivity index (χ1) is 10.3. The molecule has 0 atom stereocenters. The van der Waals surface area contributed by atoms with Crippen molar-refractivity contribution in [3.63, 3.8) is 0 Å². The normalized spacial score (nSPS) is 10.3. The SMILES string of the molecule is O=C(NCc1ccnc(-c2ccco2)c1)Nc1cccs1. The summed E-state index contributed by atoms with van der Waals surface area (Å²) in [6, 6.07) is 10.9. The van der Waals surface area contributed by atoms with Crippen molar-refractivity contribution >= 4 is 22.4 Å². The molecule has 0 aliphatic carbocycles. The number of urea groups is 1. The van der Waals surface area contributed by atoms with Crippen LogP contribution in [-0.2, 0) is 6.54 Å². The summed E-state index contributed by atoms with van der Waals surface area (Å²) in [7, 11) is 0. The van der Waals surface area contributed by atoms with Gasteiger partial charge in [-0.2, -0.15) is 0 Å². The molecule has 0 spiro atoms. The van der Waals surface area contributed by atoms with Crippen LogP contribution in [0.25, 0.3) is 11.5 Å². The Morgan fingerprint density at radius 2 is 2.24 bits per heavy atom. The fourth-order valence-electron chi connectivity index (χ4n) is 1.83. The molecule has 3 aromatic rings. The Balaban J connectivity index is 1.60. The van der Waals surface area contributed by atoms with Gasteiger partial charge in [0, 0.05) is 12.7 Å². The number of rotatable bonds is 4. The van der Waals surface area contributed by atoms with Crippen molar-refractivity contribution in [1.82, 2.24) is 10.3 Å². The summed E-state index contributed by atoms with van der Waals surface area (Å²) in [5.74, 6) is 0.708. The summed E-state index contributed by atoms with van der Waals surface area (Å²) in [6.07, 6.45) is 3.31. The summed E-state index contributed by atoms with van der Waals surface area (Å²) in [6.45, 7) is 0.424. The molecule has 5 nitrogen and oxygen atoms in total. The van der Waals surface area contributed by atoms with E-state index >= 15 is 0 Å². The molecule has 3 rings (SSSR count). The van der Waals surface area contributed by atoms with Gasteiger partial charge in [-0.1, -0.05) is 0 Å². The summed E-state index contributed by atoms with van der Waals surface area (Å²) in [5.41, 5.74) is 1.70. The largest absolute Gasteiger partial charge is 0.463 e. The number of carbonyl (C=O) groups excluding carboxylic acids is 1. The van der Waals surface area contributed by atoms with Crippen LogP contribution in [0, 0.1) is 0 Å². The molecule has 3 aromatic heterocycles. The van der Waals surface area contributed by atoms with Crippen LogP contribution in [0.15, 0.2) is 58.7 Å². The van der Waals surface area contributed by atoms with E-state index in [1.165, 1.54) is 11.3 Å². The highest BCUT2D eigenvalue weighted by molar-refractivity contribution is 7.14. The number of hydrogen-bond donors (Lipinski definition) is 2. The molecular weight excluding hydrogens is 286 g/mol. The van der Waals surface area contributed by atoms with Crippen LogP contribution in [-0.4, -0.2) is 11.0 Å². The maximum absolute atomic E-state index is 11.7. The molecule has 0 aromatic carbocycles. The molecule has 0 aliphatic rings. The highest BCUT2D eigenvalue weighted by Crippen LogP contribution is 2.18. The van der Waals surface area contributed by atoms with Gasteiger partial charge in [0.25, 0.3) is 0 Å². The molecule has 0 aliphatic heterocycles. The van der Waals surface area contributed by atoms with Crippen molar-refractivity contribution in [2.45, 2.75) is 6.54 Å². The van der Waals surface area contributed by atoms with E-state index in [2.05, 4.69) is 15.6 Å². The number of aromatic nitrogens is 1. The molecule has 6 heteroatoms. The zero-order valence-corrected chi connectivity index (χ0v) is 11.9. The first kappa shape index (κ1) is 13.4. The Hall–Kier alpha value is -2.60. The average Bonchev–Trinajstić information content (AvgIpc) is 3.19. The van der Waals surface area contributed by atoms with E-state index in [-0.39, 0.29) is 6.03 Å². The zero-order valence-electron chi connectivity index (χ0n) is 11.1. The lowest BCUT2D eigenvalue weighted by atomic mass is 10.2. The zero-order chi connectivity index (χ0) is 14.5. The summed E-state index contributed by atoms with van der Waals surface area (Å²) in [4.78, 5) is 16.0. The smallest absolute Gasteiger partial charge is 0.320 e. The molecule has 0 bridgehead atoms. The number of thiophene rings is 1. The number of pyridine rings is 1. The maximum Gasteiger partial charge on any atom is 0.320 e. The number of carbonyl (C=O) groups is 1. The minimum atomic E-state index is -0.228. The Morgan fingerprint density at radius 1 is 1.29 bits per heavy atom. The van der Waals surface area contributed by atoms with E-state index in [9.17, 15) is 4.79 Å². The van der Waals surface area contributed by atoms with E-state index in [1.807, 2.05) is 41.8 Å². The minimum Gasteiger partial charge on any atom is -0.463 e. The summed E-state index contributed by atoms with van der Waals surface area (Å²) >= 11 is 1.48. The number of nitrogens with zero attached hydrogens (tertiary/aromatic N) is 1. The second-order valence-corrected chi connectivity index (χ2v) is 5.26. The summed E-state index contributed by atoms with van der Waals surface area (Å²) < 4.78 is 5.31. The molecule has 2 amide bonds. The van der Waals surface area contributed by atoms with Gasteiger partial charge in [-0.3, -0.25) is 10.3 Å². The number of nitrogens with one attached hydrogen (secondary N) is 2. The topological polar surface area (TPSA) is 67.2 Å². The average molecular weight is 299 g/mol. The number of amides is 2. The Morgan fingerprint density at radius 3 is 3.00 bits per heavy atom. The third-order valence-electron chi connectivity index (χ3n) is 2.81. The van der Waals surface area contributed by atoms with Crippen LogP contribution >= 0.6 is 11.3 Å². The second-order valence-electron chi connectivity index (χ2n) is 4.31. The van der Waals surface area contributed by atoms with Gasteiger partial charge in [0.05, 0.1) is 11.3 Å². The highest BCUT2D eigenvalue weighted by Gasteiger charge is 2.05. The van der Waals surface area contributed by atoms with Crippen molar-refractivity contribution in [2.75, 3.05) is 5.32 Å². The maximum atomic E-state index is 11.7. The van der Waals surface area contributed by atoms with Gasteiger partial charge in [-0.15, -0.1) is 11.3 Å². The molecule has 3 heterocycles. The Bertz CT molecular complexity index is 708. The number of hydrogen-bond acceptors (Lipinski definition) is 4. The third kappa shape index (κ3) is 3.49. The molecule has 2 N–H and O–H groups in total. The van der Waals surface area contributed by atoms with E-state index in [0.717, 1.165) is 16.3 Å². The van der Waals surface area contributed by atoms with Gasteiger partial charge in [-0.05, 0) is 47.3 Å². The van der Waals surface area contributed by atoms with Gasteiger partial charge in [0.1, 0.15) is 5.69 Å². The first-order valence-electron chi connectivity index (χ1n) is 6.38. The number of anilines is 1. The molecule has 21 heavy (non-hydrogen) atoms. The van der Waals surface area contributed by atoms with E-state index < -0.39 is 0 Å². The molecule has 0 radical (unpaired) electrons. The van der Waals surface area contributed by atoms with Gasteiger partial charge in [-0.25, -0.2) is 4.79 Å². The van der Waals surface area contributed by atoms with Gasteiger partial charge in [0.15, 0.2) is 5.76 Å². The highest BCUT2D eigenvalue weighted by atomic mass is 32.1. The lowest BCUT2D eigenvalue weighted by molar-refractivity contribution is 0.252. The van der Waals surface area contributed by atoms with Crippen molar-refractivity contribution in [3.05, 3.63) is 59.8 Å². The summed E-state index contributed by atoms with van der Waals surface area (Å²) in [5, 5.41) is 8.31. The quantitative estimate of drug-likeness (QED) is 0.771. The fourth-order valence-corrected chi connectivity index (χ4v) is 2.44.